The number of guanidine groups is 1. The topological polar surface area (TPSA) is 70.6 Å². The van der Waals surface area contributed by atoms with Crippen LogP contribution in [0.25, 0.3) is 0 Å². The Balaban J connectivity index is 0.00000180. The summed E-state index contributed by atoms with van der Waals surface area (Å²) in [7, 11) is 0. The third-order valence-corrected chi connectivity index (χ3v) is 4.33. The van der Waals surface area contributed by atoms with E-state index in [1.54, 1.807) is 0 Å². The fourth-order valence-corrected chi connectivity index (χ4v) is 3.40. The molecule has 3 atom stereocenters. The van der Waals surface area contributed by atoms with Crippen LogP contribution < -0.4 is 11.1 Å². The second-order valence-electron chi connectivity index (χ2n) is 6.02. The highest BCUT2D eigenvalue weighted by Crippen LogP contribution is 2.51. The molecule has 0 amide bonds. The predicted octanol–water partition coefficient (Wildman–Crippen LogP) is 2.03. The van der Waals surface area contributed by atoms with Gasteiger partial charge < -0.3 is 16.2 Å². The quantitative estimate of drug-likeness (QED) is 0.296. The zero-order chi connectivity index (χ0) is 13.2. The highest BCUT2D eigenvalue weighted by Gasteiger charge is 2.49. The predicted molar refractivity (Wildman–Crippen MR) is 89.7 cm³/mol. The summed E-state index contributed by atoms with van der Waals surface area (Å²) in [6.45, 7) is 6.97. The van der Waals surface area contributed by atoms with Crippen LogP contribution in [0, 0.1) is 11.8 Å². The molecule has 0 aromatic carbocycles. The molecular formula is C14H26IN3O. The Morgan fingerprint density at radius 3 is 2.79 bits per heavy atom. The summed E-state index contributed by atoms with van der Waals surface area (Å²) in [4.78, 5) is 4.16. The molecule has 2 aliphatic rings. The summed E-state index contributed by atoms with van der Waals surface area (Å²) in [6.07, 6.45) is 5.47. The summed E-state index contributed by atoms with van der Waals surface area (Å²) >= 11 is 0. The lowest BCUT2D eigenvalue weighted by atomic mass is 9.82. The SMILES string of the molecule is C=C(C)CN=C(N)NCCC1(O)CC2CCC1C2.I. The highest BCUT2D eigenvalue weighted by atomic mass is 127. The van der Waals surface area contributed by atoms with Gasteiger partial charge in [0.15, 0.2) is 5.96 Å². The molecule has 2 fully saturated rings. The van der Waals surface area contributed by atoms with Crippen LogP contribution in [0.2, 0.25) is 0 Å². The average Bonchev–Trinajstić information content (AvgIpc) is 2.86. The van der Waals surface area contributed by atoms with Crippen LogP contribution in [0.5, 0.6) is 0 Å². The molecule has 0 spiro atoms. The molecule has 4 N–H and O–H groups in total. The Morgan fingerprint density at radius 2 is 2.26 bits per heavy atom. The molecule has 110 valence electrons. The molecule has 4 nitrogen and oxygen atoms in total. The Kier molecular flexibility index (Phi) is 6.11. The third-order valence-electron chi connectivity index (χ3n) is 4.33. The average molecular weight is 379 g/mol. The van der Waals surface area contributed by atoms with Gasteiger partial charge in [0.2, 0.25) is 0 Å². The molecule has 2 bridgehead atoms. The van der Waals surface area contributed by atoms with Gasteiger partial charge in [-0.15, -0.1) is 24.0 Å². The van der Waals surface area contributed by atoms with Gasteiger partial charge in [-0.1, -0.05) is 12.2 Å². The van der Waals surface area contributed by atoms with Crippen molar-refractivity contribution in [1.82, 2.24) is 5.32 Å². The summed E-state index contributed by atoms with van der Waals surface area (Å²) in [5.74, 6) is 1.72. The number of hydrogen-bond acceptors (Lipinski definition) is 2. The highest BCUT2D eigenvalue weighted by molar-refractivity contribution is 14.0. The van der Waals surface area contributed by atoms with Crippen molar-refractivity contribution in [2.75, 3.05) is 13.1 Å². The van der Waals surface area contributed by atoms with E-state index < -0.39 is 5.60 Å². The first-order valence-electron chi connectivity index (χ1n) is 6.90. The number of fused-ring (bicyclic) bond motifs is 2. The van der Waals surface area contributed by atoms with E-state index in [2.05, 4.69) is 16.9 Å². The Hall–Kier alpha value is -0.300. The standard InChI is InChI=1S/C14H25N3O.HI/c1-10(2)9-17-13(15)16-6-5-14(18)8-11-3-4-12(14)7-11;/h11-12,18H,1,3-9H2,2H3,(H3,15,16,17);1H. The number of rotatable bonds is 5. The maximum Gasteiger partial charge on any atom is 0.188 e. The van der Waals surface area contributed by atoms with Gasteiger partial charge in [-0.3, -0.25) is 0 Å². The Morgan fingerprint density at radius 1 is 1.53 bits per heavy atom. The lowest BCUT2D eigenvalue weighted by Crippen LogP contribution is -2.41. The van der Waals surface area contributed by atoms with E-state index in [0.29, 0.717) is 25.0 Å². The van der Waals surface area contributed by atoms with E-state index >= 15 is 0 Å². The minimum Gasteiger partial charge on any atom is -0.390 e. The van der Waals surface area contributed by atoms with Gasteiger partial charge in [-0.05, 0) is 50.9 Å². The number of nitrogens with zero attached hydrogens (tertiary/aromatic N) is 1. The molecule has 2 aliphatic carbocycles. The van der Waals surface area contributed by atoms with Gasteiger partial charge >= 0.3 is 0 Å². The van der Waals surface area contributed by atoms with Crippen molar-refractivity contribution >= 4 is 29.9 Å². The lowest BCUT2D eigenvalue weighted by molar-refractivity contribution is -0.0191. The zero-order valence-electron chi connectivity index (χ0n) is 11.7. The number of nitrogens with one attached hydrogen (secondary N) is 1. The van der Waals surface area contributed by atoms with E-state index in [9.17, 15) is 5.11 Å². The van der Waals surface area contributed by atoms with Crippen LogP contribution in [0.1, 0.15) is 39.0 Å². The minimum absolute atomic E-state index is 0. The molecule has 0 saturated heterocycles. The second kappa shape index (κ2) is 6.92. The minimum atomic E-state index is -0.454. The summed E-state index contributed by atoms with van der Waals surface area (Å²) in [6, 6.07) is 0. The van der Waals surface area contributed by atoms with E-state index in [4.69, 9.17) is 5.73 Å². The van der Waals surface area contributed by atoms with Crippen LogP contribution in [0.3, 0.4) is 0 Å². The number of halogens is 1. The van der Waals surface area contributed by atoms with Gasteiger partial charge in [0.1, 0.15) is 0 Å². The molecule has 2 rings (SSSR count). The Labute approximate surface area is 133 Å². The van der Waals surface area contributed by atoms with Gasteiger partial charge in [0.25, 0.3) is 0 Å². The van der Waals surface area contributed by atoms with Gasteiger partial charge in [0.05, 0.1) is 12.1 Å². The molecule has 3 unspecified atom stereocenters. The van der Waals surface area contributed by atoms with Crippen LogP contribution >= 0.6 is 24.0 Å². The number of aliphatic hydroxyl groups is 1. The molecule has 0 aromatic heterocycles. The molecule has 5 heteroatoms. The maximum atomic E-state index is 10.6. The first kappa shape index (κ1) is 16.8. The molecule has 0 aromatic rings. The summed E-state index contributed by atoms with van der Waals surface area (Å²) in [5, 5.41) is 13.7. The normalized spacial score (nSPS) is 33.1. The van der Waals surface area contributed by atoms with Crippen molar-refractivity contribution in [2.45, 2.75) is 44.6 Å². The number of nitrogens with two attached hydrogens (primary N) is 1. The maximum absolute atomic E-state index is 10.6. The second-order valence-corrected chi connectivity index (χ2v) is 6.02. The first-order valence-corrected chi connectivity index (χ1v) is 6.90. The number of hydrogen-bond donors (Lipinski definition) is 3. The van der Waals surface area contributed by atoms with E-state index in [1.165, 1.54) is 19.3 Å². The summed E-state index contributed by atoms with van der Waals surface area (Å²) in [5.41, 5.74) is 6.28. The van der Waals surface area contributed by atoms with Crippen molar-refractivity contribution in [1.29, 1.82) is 0 Å². The van der Waals surface area contributed by atoms with Gasteiger partial charge in [-0.2, -0.15) is 0 Å². The molecule has 0 radical (unpaired) electrons. The van der Waals surface area contributed by atoms with E-state index in [1.807, 2.05) is 6.92 Å². The lowest BCUT2D eigenvalue weighted by Gasteiger charge is -2.32. The van der Waals surface area contributed by atoms with E-state index in [-0.39, 0.29) is 24.0 Å². The van der Waals surface area contributed by atoms with Crippen molar-refractivity contribution in [3.05, 3.63) is 12.2 Å². The fraction of sp³-hybridized carbons (Fsp3) is 0.786. The van der Waals surface area contributed by atoms with Crippen molar-refractivity contribution in [3.63, 3.8) is 0 Å². The number of aliphatic imine (C=N–C) groups is 1. The van der Waals surface area contributed by atoms with Gasteiger partial charge in [-0.25, -0.2) is 4.99 Å². The molecule has 19 heavy (non-hydrogen) atoms. The third kappa shape index (κ3) is 4.34. The van der Waals surface area contributed by atoms with Crippen LogP contribution in [-0.4, -0.2) is 29.8 Å². The van der Waals surface area contributed by atoms with Crippen molar-refractivity contribution in [2.24, 2.45) is 22.6 Å². The summed E-state index contributed by atoms with van der Waals surface area (Å²) < 4.78 is 0. The van der Waals surface area contributed by atoms with Crippen LogP contribution in [0.15, 0.2) is 17.1 Å². The largest absolute Gasteiger partial charge is 0.390 e. The van der Waals surface area contributed by atoms with Crippen LogP contribution in [0.4, 0.5) is 0 Å². The van der Waals surface area contributed by atoms with Crippen LogP contribution in [-0.2, 0) is 0 Å². The molecular weight excluding hydrogens is 353 g/mol. The zero-order valence-corrected chi connectivity index (χ0v) is 14.0. The molecule has 0 aliphatic heterocycles. The Bertz CT molecular complexity index is 359. The monoisotopic (exact) mass is 379 g/mol. The first-order chi connectivity index (χ1) is 8.49. The van der Waals surface area contributed by atoms with E-state index in [0.717, 1.165) is 24.3 Å². The molecule has 2 saturated carbocycles. The smallest absolute Gasteiger partial charge is 0.188 e. The van der Waals surface area contributed by atoms with Crippen molar-refractivity contribution < 1.29 is 5.11 Å². The van der Waals surface area contributed by atoms with Gasteiger partial charge in [0, 0.05) is 6.54 Å². The fourth-order valence-electron chi connectivity index (χ4n) is 3.40. The van der Waals surface area contributed by atoms with Crippen molar-refractivity contribution in [3.8, 4) is 0 Å². The molecule has 0 heterocycles.